The fraction of sp³-hybridized carbons (Fsp3) is 0.333. The topological polar surface area (TPSA) is 49.9 Å². The van der Waals surface area contributed by atoms with Crippen LogP contribution in [0.4, 0.5) is 0 Å². The minimum absolute atomic E-state index is 0.0679. The number of hydrogen-bond acceptors (Lipinski definition) is 2. The van der Waals surface area contributed by atoms with Crippen LogP contribution >= 0.6 is 0 Å². The maximum atomic E-state index is 11.2. The highest BCUT2D eigenvalue weighted by molar-refractivity contribution is 5.95. The Hall–Kier alpha value is -1.38. The summed E-state index contributed by atoms with van der Waals surface area (Å²) in [5.41, 5.74) is 1.54. The van der Waals surface area contributed by atoms with Crippen LogP contribution in [0.2, 0.25) is 0 Å². The first-order valence-corrected chi connectivity index (χ1v) is 3.74. The Morgan fingerprint density at radius 3 is 2.50 bits per heavy atom. The van der Waals surface area contributed by atoms with Crippen LogP contribution in [0.25, 0.3) is 0 Å². The normalized spacial score (nSPS) is 9.92. The lowest BCUT2D eigenvalue weighted by Gasteiger charge is -2.01. The minimum Gasteiger partial charge on any atom is -0.326 e. The fourth-order valence-corrected chi connectivity index (χ4v) is 1.12. The lowest BCUT2D eigenvalue weighted by atomic mass is 10.1. The van der Waals surface area contributed by atoms with Gasteiger partial charge in [-0.05, 0) is 26.8 Å². The monoisotopic (exact) mass is 165 g/mol. The molecule has 1 rings (SSSR count). The number of aryl methyl sites for hydroxylation is 1. The SMILES string of the molecule is CC(=O)c1cc(C)[nH]c(=O)c1C. The predicted octanol–water partition coefficient (Wildman–Crippen LogP) is 1.19. The predicted molar refractivity (Wildman–Crippen MR) is 46.5 cm³/mol. The molecule has 0 saturated heterocycles. The molecule has 1 N–H and O–H groups in total. The number of pyridine rings is 1. The van der Waals surface area contributed by atoms with Crippen molar-refractivity contribution in [2.45, 2.75) is 20.8 Å². The molecule has 0 saturated carbocycles. The van der Waals surface area contributed by atoms with Gasteiger partial charge < -0.3 is 4.98 Å². The molecule has 0 spiro atoms. The molecule has 0 amide bonds. The zero-order valence-corrected chi connectivity index (χ0v) is 7.39. The van der Waals surface area contributed by atoms with E-state index in [4.69, 9.17) is 0 Å². The summed E-state index contributed by atoms with van der Waals surface area (Å²) in [5, 5.41) is 0. The lowest BCUT2D eigenvalue weighted by Crippen LogP contribution is -2.15. The van der Waals surface area contributed by atoms with E-state index in [0.29, 0.717) is 11.1 Å². The van der Waals surface area contributed by atoms with Gasteiger partial charge in [0.2, 0.25) is 0 Å². The molecule has 3 heteroatoms. The van der Waals surface area contributed by atoms with Gasteiger partial charge in [-0.15, -0.1) is 0 Å². The van der Waals surface area contributed by atoms with Crippen molar-refractivity contribution in [1.82, 2.24) is 4.98 Å². The Labute approximate surface area is 70.4 Å². The van der Waals surface area contributed by atoms with Crippen molar-refractivity contribution >= 4 is 5.78 Å². The number of aromatic amines is 1. The number of carbonyl (C=O) groups excluding carboxylic acids is 1. The number of aromatic nitrogens is 1. The van der Waals surface area contributed by atoms with Gasteiger partial charge in [0.15, 0.2) is 5.78 Å². The summed E-state index contributed by atoms with van der Waals surface area (Å²) in [6.07, 6.45) is 0. The van der Waals surface area contributed by atoms with Crippen molar-refractivity contribution in [2.75, 3.05) is 0 Å². The number of carbonyl (C=O) groups is 1. The number of rotatable bonds is 1. The number of H-pyrrole nitrogens is 1. The van der Waals surface area contributed by atoms with Gasteiger partial charge >= 0.3 is 0 Å². The smallest absolute Gasteiger partial charge is 0.251 e. The minimum atomic E-state index is -0.180. The third-order valence-electron chi connectivity index (χ3n) is 1.80. The summed E-state index contributed by atoms with van der Waals surface area (Å²) < 4.78 is 0. The van der Waals surface area contributed by atoms with E-state index in [1.54, 1.807) is 19.9 Å². The molecule has 64 valence electrons. The van der Waals surface area contributed by atoms with E-state index in [1.807, 2.05) is 0 Å². The molecule has 0 aliphatic rings. The van der Waals surface area contributed by atoms with E-state index in [1.165, 1.54) is 6.92 Å². The quantitative estimate of drug-likeness (QED) is 0.635. The van der Waals surface area contributed by atoms with Crippen LogP contribution in [0.5, 0.6) is 0 Å². The standard InChI is InChI=1S/C9H11NO2/c1-5-4-8(7(3)11)6(2)9(12)10-5/h4H,1-3H3,(H,10,12). The van der Waals surface area contributed by atoms with E-state index in [9.17, 15) is 9.59 Å². The van der Waals surface area contributed by atoms with Crippen LogP contribution in [0, 0.1) is 13.8 Å². The molecular formula is C9H11NO2. The molecule has 12 heavy (non-hydrogen) atoms. The average molecular weight is 165 g/mol. The molecule has 0 atom stereocenters. The molecule has 1 heterocycles. The Morgan fingerprint density at radius 1 is 1.42 bits per heavy atom. The second-order valence-electron chi connectivity index (χ2n) is 2.88. The first-order chi connectivity index (χ1) is 5.52. The molecule has 0 aliphatic heterocycles. The maximum absolute atomic E-state index is 11.2. The Bertz CT molecular complexity index is 377. The first kappa shape index (κ1) is 8.71. The Kier molecular flexibility index (Phi) is 2.13. The maximum Gasteiger partial charge on any atom is 0.251 e. The molecule has 0 radical (unpaired) electrons. The van der Waals surface area contributed by atoms with Gasteiger partial charge in [-0.25, -0.2) is 0 Å². The summed E-state index contributed by atoms with van der Waals surface area (Å²) >= 11 is 0. The van der Waals surface area contributed by atoms with Gasteiger partial charge in [-0.3, -0.25) is 9.59 Å². The zero-order chi connectivity index (χ0) is 9.30. The third kappa shape index (κ3) is 1.44. The van der Waals surface area contributed by atoms with Crippen molar-refractivity contribution in [2.24, 2.45) is 0 Å². The molecule has 1 aromatic rings. The fourth-order valence-electron chi connectivity index (χ4n) is 1.12. The van der Waals surface area contributed by atoms with Crippen LogP contribution in [0.1, 0.15) is 28.5 Å². The summed E-state index contributed by atoms with van der Waals surface area (Å²) in [6.45, 7) is 4.86. The van der Waals surface area contributed by atoms with Gasteiger partial charge in [-0.2, -0.15) is 0 Å². The van der Waals surface area contributed by atoms with Gasteiger partial charge in [0.05, 0.1) is 0 Å². The molecule has 0 fully saturated rings. The van der Waals surface area contributed by atoms with Crippen LogP contribution in [-0.2, 0) is 0 Å². The van der Waals surface area contributed by atoms with Crippen molar-refractivity contribution in [1.29, 1.82) is 0 Å². The molecule has 3 nitrogen and oxygen atoms in total. The average Bonchev–Trinajstić information content (AvgIpc) is 1.96. The van der Waals surface area contributed by atoms with Crippen LogP contribution in [-0.4, -0.2) is 10.8 Å². The molecule has 0 aliphatic carbocycles. The van der Waals surface area contributed by atoms with Gasteiger partial charge in [0, 0.05) is 16.8 Å². The molecule has 0 unspecified atom stereocenters. The van der Waals surface area contributed by atoms with Crippen molar-refractivity contribution in [3.63, 3.8) is 0 Å². The summed E-state index contributed by atoms with van der Waals surface area (Å²) in [4.78, 5) is 24.8. The molecule has 0 aromatic carbocycles. The zero-order valence-electron chi connectivity index (χ0n) is 7.39. The van der Waals surface area contributed by atoms with E-state index in [-0.39, 0.29) is 11.3 Å². The van der Waals surface area contributed by atoms with Gasteiger partial charge in [0.25, 0.3) is 5.56 Å². The van der Waals surface area contributed by atoms with Gasteiger partial charge in [-0.1, -0.05) is 0 Å². The number of ketones is 1. The second-order valence-corrected chi connectivity index (χ2v) is 2.88. The highest BCUT2D eigenvalue weighted by Crippen LogP contribution is 2.04. The highest BCUT2D eigenvalue weighted by Gasteiger charge is 2.06. The Balaban J connectivity index is 3.48. The number of Topliss-reactive ketones (excluding diaryl/α,β-unsaturated/α-hetero) is 1. The second kappa shape index (κ2) is 2.93. The van der Waals surface area contributed by atoms with Crippen molar-refractivity contribution in [3.8, 4) is 0 Å². The van der Waals surface area contributed by atoms with Crippen molar-refractivity contribution in [3.05, 3.63) is 33.2 Å². The van der Waals surface area contributed by atoms with E-state index in [2.05, 4.69) is 4.98 Å². The van der Waals surface area contributed by atoms with E-state index < -0.39 is 0 Å². The largest absolute Gasteiger partial charge is 0.326 e. The summed E-state index contributed by atoms with van der Waals surface area (Å²) in [5.74, 6) is -0.0679. The van der Waals surface area contributed by atoms with Crippen LogP contribution < -0.4 is 5.56 Å². The Morgan fingerprint density at radius 2 is 2.00 bits per heavy atom. The first-order valence-electron chi connectivity index (χ1n) is 3.74. The van der Waals surface area contributed by atoms with Crippen LogP contribution in [0.3, 0.4) is 0 Å². The molecule has 0 bridgehead atoms. The lowest BCUT2D eigenvalue weighted by molar-refractivity contribution is 0.101. The van der Waals surface area contributed by atoms with E-state index in [0.717, 1.165) is 5.69 Å². The summed E-state index contributed by atoms with van der Waals surface area (Å²) in [6, 6.07) is 1.69. The van der Waals surface area contributed by atoms with Crippen LogP contribution in [0.15, 0.2) is 10.9 Å². The third-order valence-corrected chi connectivity index (χ3v) is 1.80. The van der Waals surface area contributed by atoms with Gasteiger partial charge in [0.1, 0.15) is 0 Å². The number of hydrogen-bond donors (Lipinski definition) is 1. The van der Waals surface area contributed by atoms with Crippen molar-refractivity contribution < 1.29 is 4.79 Å². The molecular weight excluding hydrogens is 154 g/mol. The highest BCUT2D eigenvalue weighted by atomic mass is 16.1. The number of nitrogens with one attached hydrogen (secondary N) is 1. The van der Waals surface area contributed by atoms with E-state index >= 15 is 0 Å². The molecule has 1 aromatic heterocycles. The summed E-state index contributed by atoms with van der Waals surface area (Å²) in [7, 11) is 0.